The van der Waals surface area contributed by atoms with Gasteiger partial charge in [-0.15, -0.1) is 0 Å². The van der Waals surface area contributed by atoms with Crippen molar-refractivity contribution >= 4 is 34.9 Å². The van der Waals surface area contributed by atoms with Gasteiger partial charge in [-0.1, -0.05) is 43.2 Å². The Hall–Kier alpha value is -2.41. The summed E-state index contributed by atoms with van der Waals surface area (Å²) >= 11 is 5.63. The van der Waals surface area contributed by atoms with Crippen LogP contribution in [-0.2, 0) is 0 Å². The van der Waals surface area contributed by atoms with Crippen molar-refractivity contribution in [3.63, 3.8) is 0 Å². The molecule has 2 aliphatic rings. The summed E-state index contributed by atoms with van der Waals surface area (Å²) in [5, 5.41) is 7.20. The first-order valence-corrected chi connectivity index (χ1v) is 12.5. The van der Waals surface area contributed by atoms with Crippen LogP contribution in [0, 0.1) is 0 Å². The van der Waals surface area contributed by atoms with E-state index in [1.54, 1.807) is 0 Å². The maximum absolute atomic E-state index is 5.63. The number of hydrogen-bond donors (Lipinski definition) is 2. The highest BCUT2D eigenvalue weighted by molar-refractivity contribution is 7.80. The molecule has 1 aromatic heterocycles. The molecule has 0 aliphatic carbocycles. The Bertz CT molecular complexity index is 881. The topological polar surface area (TPSA) is 56.3 Å². The zero-order chi connectivity index (χ0) is 22.3. The van der Waals surface area contributed by atoms with Gasteiger partial charge in [0.25, 0.3) is 0 Å². The van der Waals surface area contributed by atoms with Crippen LogP contribution in [-0.4, -0.2) is 40.8 Å². The third-order valence-corrected chi connectivity index (χ3v) is 6.82. The molecule has 2 atom stereocenters. The molecule has 32 heavy (non-hydrogen) atoms. The van der Waals surface area contributed by atoms with Gasteiger partial charge in [0.15, 0.2) is 5.11 Å². The van der Waals surface area contributed by atoms with Crippen LogP contribution < -0.4 is 20.4 Å². The number of nitrogens with one attached hydrogen (secondary N) is 2. The van der Waals surface area contributed by atoms with E-state index in [1.165, 1.54) is 50.5 Å². The van der Waals surface area contributed by atoms with E-state index in [2.05, 4.69) is 52.5 Å². The maximum atomic E-state index is 5.63. The first-order valence-electron chi connectivity index (χ1n) is 12.1. The van der Waals surface area contributed by atoms with Gasteiger partial charge in [-0.05, 0) is 63.7 Å². The van der Waals surface area contributed by atoms with Crippen LogP contribution in [0.2, 0.25) is 0 Å². The van der Waals surface area contributed by atoms with Crippen molar-refractivity contribution in [3.8, 4) is 0 Å². The van der Waals surface area contributed by atoms with Crippen molar-refractivity contribution in [1.82, 2.24) is 15.3 Å². The summed E-state index contributed by atoms with van der Waals surface area (Å²) in [6.07, 6.45) is 8.75. The van der Waals surface area contributed by atoms with Crippen molar-refractivity contribution in [1.29, 1.82) is 0 Å². The number of benzene rings is 1. The fourth-order valence-electron chi connectivity index (χ4n) is 4.68. The van der Waals surface area contributed by atoms with E-state index < -0.39 is 0 Å². The van der Waals surface area contributed by atoms with Gasteiger partial charge in [-0.25, -0.2) is 0 Å². The van der Waals surface area contributed by atoms with Crippen LogP contribution >= 0.6 is 12.2 Å². The van der Waals surface area contributed by atoms with E-state index in [-0.39, 0.29) is 6.04 Å². The lowest BCUT2D eigenvalue weighted by atomic mass is 10.0. The first-order chi connectivity index (χ1) is 15.6. The van der Waals surface area contributed by atoms with Gasteiger partial charge in [0.2, 0.25) is 5.95 Å². The Morgan fingerprint density at radius 1 is 0.969 bits per heavy atom. The second-order valence-electron chi connectivity index (χ2n) is 9.08. The van der Waals surface area contributed by atoms with Gasteiger partial charge in [0, 0.05) is 31.7 Å². The summed E-state index contributed by atoms with van der Waals surface area (Å²) in [6, 6.07) is 13.1. The number of aromatic nitrogens is 2. The van der Waals surface area contributed by atoms with Crippen LogP contribution in [0.4, 0.5) is 17.6 Å². The maximum Gasteiger partial charge on any atom is 0.232 e. The van der Waals surface area contributed by atoms with E-state index in [1.807, 2.05) is 18.2 Å². The number of piperidine rings is 1. The molecule has 0 unspecified atom stereocenters. The molecule has 3 heterocycles. The largest absolute Gasteiger partial charge is 0.356 e. The minimum absolute atomic E-state index is 0.103. The second kappa shape index (κ2) is 10.9. The molecule has 2 fully saturated rings. The molecular formula is C25H36N6S. The van der Waals surface area contributed by atoms with Crippen LogP contribution in [0.25, 0.3) is 0 Å². The summed E-state index contributed by atoms with van der Waals surface area (Å²) in [7, 11) is 0. The molecule has 2 saturated heterocycles. The molecule has 0 amide bonds. The number of anilines is 3. The molecule has 0 spiro atoms. The van der Waals surface area contributed by atoms with E-state index in [4.69, 9.17) is 22.2 Å². The van der Waals surface area contributed by atoms with Gasteiger partial charge in [0.1, 0.15) is 11.6 Å². The SMILES string of the molecule is C[C@H](NC(=S)Nc1nc(N2CCCCCC2)cc(N2CCCC[C@@H]2C)n1)c1ccccc1. The van der Waals surface area contributed by atoms with Gasteiger partial charge in [-0.3, -0.25) is 0 Å². The predicted molar refractivity (Wildman–Crippen MR) is 138 cm³/mol. The first kappa shape index (κ1) is 22.8. The average Bonchev–Trinajstić information content (AvgIpc) is 3.09. The summed E-state index contributed by atoms with van der Waals surface area (Å²) in [5.41, 5.74) is 1.19. The number of hydrogen-bond acceptors (Lipinski definition) is 5. The standard InChI is InChI=1S/C25H36N6S/c1-19-12-8-11-17-31(19)23-18-22(30-15-9-3-4-10-16-30)27-24(28-23)29-25(32)26-20(2)21-13-6-5-7-14-21/h5-7,13-14,18-20H,3-4,8-12,15-17H2,1-2H3,(H2,26,27,28,29,32)/t19-,20-/m0/s1. The van der Waals surface area contributed by atoms with Crippen LogP contribution in [0.1, 0.15) is 70.4 Å². The third kappa shape index (κ3) is 5.88. The Morgan fingerprint density at radius 2 is 1.66 bits per heavy atom. The van der Waals surface area contributed by atoms with Crippen LogP contribution in [0.15, 0.2) is 36.4 Å². The summed E-state index contributed by atoms with van der Waals surface area (Å²) in [4.78, 5) is 14.6. The minimum Gasteiger partial charge on any atom is -0.356 e. The van der Waals surface area contributed by atoms with Crippen LogP contribution in [0.5, 0.6) is 0 Å². The summed E-state index contributed by atoms with van der Waals surface area (Å²) in [6.45, 7) is 7.57. The lowest BCUT2D eigenvalue weighted by molar-refractivity contribution is 0.481. The fraction of sp³-hybridized carbons (Fsp3) is 0.560. The smallest absolute Gasteiger partial charge is 0.232 e. The van der Waals surface area contributed by atoms with Crippen molar-refractivity contribution in [3.05, 3.63) is 42.0 Å². The molecule has 2 N–H and O–H groups in total. The lowest BCUT2D eigenvalue weighted by Gasteiger charge is -2.35. The van der Waals surface area contributed by atoms with Gasteiger partial charge in [-0.2, -0.15) is 9.97 Å². The highest BCUT2D eigenvalue weighted by atomic mass is 32.1. The highest BCUT2D eigenvalue weighted by Crippen LogP contribution is 2.28. The monoisotopic (exact) mass is 452 g/mol. The molecule has 0 saturated carbocycles. The Morgan fingerprint density at radius 3 is 2.38 bits per heavy atom. The third-order valence-electron chi connectivity index (χ3n) is 6.60. The lowest BCUT2D eigenvalue weighted by Crippen LogP contribution is -2.38. The number of rotatable bonds is 5. The minimum atomic E-state index is 0.103. The van der Waals surface area contributed by atoms with Crippen molar-refractivity contribution in [2.75, 3.05) is 34.8 Å². The molecule has 1 aromatic carbocycles. The van der Waals surface area contributed by atoms with Crippen molar-refractivity contribution in [2.45, 2.75) is 70.9 Å². The number of thiocarbonyl (C=S) groups is 1. The van der Waals surface area contributed by atoms with E-state index in [0.717, 1.165) is 31.3 Å². The molecule has 0 radical (unpaired) electrons. The molecule has 2 aliphatic heterocycles. The summed E-state index contributed by atoms with van der Waals surface area (Å²) < 4.78 is 0. The average molecular weight is 453 g/mol. The molecule has 7 heteroatoms. The Balaban J connectivity index is 1.54. The van der Waals surface area contributed by atoms with Gasteiger partial charge >= 0.3 is 0 Å². The summed E-state index contributed by atoms with van der Waals surface area (Å²) in [5.74, 6) is 2.60. The van der Waals surface area contributed by atoms with Crippen molar-refractivity contribution < 1.29 is 0 Å². The van der Waals surface area contributed by atoms with Gasteiger partial charge in [0.05, 0.1) is 6.04 Å². The molecule has 4 rings (SSSR count). The van der Waals surface area contributed by atoms with E-state index in [9.17, 15) is 0 Å². The Labute approximate surface area is 197 Å². The van der Waals surface area contributed by atoms with Gasteiger partial charge < -0.3 is 20.4 Å². The zero-order valence-electron chi connectivity index (χ0n) is 19.4. The normalized spacial score (nSPS) is 20.4. The zero-order valence-corrected chi connectivity index (χ0v) is 20.2. The molecular weight excluding hydrogens is 416 g/mol. The fourth-order valence-corrected chi connectivity index (χ4v) is 4.95. The Kier molecular flexibility index (Phi) is 7.79. The second-order valence-corrected chi connectivity index (χ2v) is 9.49. The van der Waals surface area contributed by atoms with E-state index in [0.29, 0.717) is 17.1 Å². The molecule has 2 aromatic rings. The molecule has 0 bridgehead atoms. The number of nitrogens with zero attached hydrogens (tertiary/aromatic N) is 4. The van der Waals surface area contributed by atoms with Crippen molar-refractivity contribution in [2.24, 2.45) is 0 Å². The van der Waals surface area contributed by atoms with Crippen LogP contribution in [0.3, 0.4) is 0 Å². The van der Waals surface area contributed by atoms with E-state index >= 15 is 0 Å². The molecule has 6 nitrogen and oxygen atoms in total. The molecule has 172 valence electrons. The highest BCUT2D eigenvalue weighted by Gasteiger charge is 2.23. The quantitative estimate of drug-likeness (QED) is 0.598. The predicted octanol–water partition coefficient (Wildman–Crippen LogP) is 5.28.